The number of rotatable bonds is 7. The number of benzene rings is 2. The van der Waals surface area contributed by atoms with Gasteiger partial charge in [-0.2, -0.15) is 0 Å². The molecule has 0 aliphatic carbocycles. The van der Waals surface area contributed by atoms with Crippen molar-refractivity contribution in [1.29, 1.82) is 0 Å². The van der Waals surface area contributed by atoms with Gasteiger partial charge in [0.05, 0.1) is 6.54 Å². The van der Waals surface area contributed by atoms with E-state index in [4.69, 9.17) is 4.99 Å². The van der Waals surface area contributed by atoms with Crippen molar-refractivity contribution >= 4 is 11.9 Å². The van der Waals surface area contributed by atoms with Crippen molar-refractivity contribution in [1.82, 2.24) is 15.1 Å². The molecule has 3 rings (SSSR count). The van der Waals surface area contributed by atoms with Crippen molar-refractivity contribution in [3.8, 4) is 0 Å². The zero-order valence-electron chi connectivity index (χ0n) is 17.8. The molecule has 0 saturated carbocycles. The highest BCUT2D eigenvalue weighted by Crippen LogP contribution is 2.16. The van der Waals surface area contributed by atoms with Gasteiger partial charge in [-0.1, -0.05) is 54.1 Å². The summed E-state index contributed by atoms with van der Waals surface area (Å²) in [6.07, 6.45) is 1.66. The first kappa shape index (κ1) is 20.9. The number of nitrogens with zero attached hydrogens (tertiary/aromatic N) is 3. The number of aryl methyl sites for hydroxylation is 1. The molecule has 1 aliphatic rings. The second-order valence-electron chi connectivity index (χ2n) is 7.75. The van der Waals surface area contributed by atoms with Gasteiger partial charge in [-0.25, -0.2) is 4.99 Å². The van der Waals surface area contributed by atoms with Gasteiger partial charge in [-0.15, -0.1) is 0 Å². The van der Waals surface area contributed by atoms with Crippen LogP contribution in [0.25, 0.3) is 0 Å². The van der Waals surface area contributed by atoms with E-state index in [-0.39, 0.29) is 5.91 Å². The summed E-state index contributed by atoms with van der Waals surface area (Å²) in [6, 6.07) is 17.0. The SMILES string of the molecule is CCNC(=NCc1cccc(CN2CCCC2=O)c1)N(C)Cc1ccc(C)cc1. The highest BCUT2D eigenvalue weighted by molar-refractivity contribution is 5.79. The van der Waals surface area contributed by atoms with E-state index in [1.807, 2.05) is 4.90 Å². The molecular formula is C24H32N4O. The Morgan fingerprint density at radius 3 is 2.59 bits per heavy atom. The zero-order valence-corrected chi connectivity index (χ0v) is 17.8. The number of carbonyl (C=O) groups excluding carboxylic acids is 1. The molecule has 0 radical (unpaired) electrons. The van der Waals surface area contributed by atoms with E-state index < -0.39 is 0 Å². The van der Waals surface area contributed by atoms with Crippen LogP contribution in [0.4, 0.5) is 0 Å². The van der Waals surface area contributed by atoms with Crippen LogP contribution in [0.5, 0.6) is 0 Å². The molecule has 1 amide bonds. The van der Waals surface area contributed by atoms with Crippen LogP contribution in [0.2, 0.25) is 0 Å². The molecule has 0 unspecified atom stereocenters. The maximum atomic E-state index is 11.9. The topological polar surface area (TPSA) is 47.9 Å². The number of aliphatic imine (C=N–C) groups is 1. The summed E-state index contributed by atoms with van der Waals surface area (Å²) in [5.41, 5.74) is 4.87. The molecule has 5 heteroatoms. The van der Waals surface area contributed by atoms with Crippen molar-refractivity contribution in [2.45, 2.75) is 46.3 Å². The van der Waals surface area contributed by atoms with E-state index in [2.05, 4.69) is 79.6 Å². The third-order valence-corrected chi connectivity index (χ3v) is 5.18. The van der Waals surface area contributed by atoms with E-state index in [0.717, 1.165) is 37.6 Å². The van der Waals surface area contributed by atoms with Crippen LogP contribution in [0.3, 0.4) is 0 Å². The number of carbonyl (C=O) groups is 1. The minimum atomic E-state index is 0.264. The largest absolute Gasteiger partial charge is 0.357 e. The summed E-state index contributed by atoms with van der Waals surface area (Å²) in [5, 5.41) is 3.39. The first-order valence-electron chi connectivity index (χ1n) is 10.5. The molecule has 1 aliphatic heterocycles. The van der Waals surface area contributed by atoms with Gasteiger partial charge in [0.15, 0.2) is 5.96 Å². The molecule has 0 spiro atoms. The van der Waals surface area contributed by atoms with Crippen LogP contribution < -0.4 is 5.32 Å². The summed E-state index contributed by atoms with van der Waals surface area (Å²) in [4.78, 5) is 20.8. The standard InChI is InChI=1S/C24H32N4O/c1-4-25-24(27(3)17-20-12-10-19(2)11-13-20)26-16-21-7-5-8-22(15-21)18-28-14-6-9-23(28)29/h5,7-8,10-13,15H,4,6,9,14,16-18H2,1-3H3,(H,25,26). The van der Waals surface area contributed by atoms with Crippen molar-refractivity contribution < 1.29 is 4.79 Å². The van der Waals surface area contributed by atoms with E-state index in [1.54, 1.807) is 0 Å². The molecule has 1 N–H and O–H groups in total. The van der Waals surface area contributed by atoms with Crippen molar-refractivity contribution in [2.75, 3.05) is 20.1 Å². The average molecular weight is 393 g/mol. The highest BCUT2D eigenvalue weighted by atomic mass is 16.2. The Labute approximate surface area is 174 Å². The minimum absolute atomic E-state index is 0.264. The lowest BCUT2D eigenvalue weighted by Crippen LogP contribution is -2.38. The fourth-order valence-electron chi connectivity index (χ4n) is 3.60. The predicted molar refractivity (Wildman–Crippen MR) is 119 cm³/mol. The molecular weight excluding hydrogens is 360 g/mol. The molecule has 0 bridgehead atoms. The Morgan fingerprint density at radius 2 is 1.90 bits per heavy atom. The van der Waals surface area contributed by atoms with Crippen LogP contribution in [0, 0.1) is 6.92 Å². The van der Waals surface area contributed by atoms with Crippen LogP contribution in [-0.4, -0.2) is 41.8 Å². The first-order valence-corrected chi connectivity index (χ1v) is 10.5. The van der Waals surface area contributed by atoms with Crippen LogP contribution >= 0.6 is 0 Å². The molecule has 1 saturated heterocycles. The van der Waals surface area contributed by atoms with E-state index in [1.165, 1.54) is 16.7 Å². The Bertz CT molecular complexity index is 844. The normalized spacial score (nSPS) is 14.4. The van der Waals surface area contributed by atoms with Crippen molar-refractivity contribution in [2.24, 2.45) is 4.99 Å². The zero-order chi connectivity index (χ0) is 20.6. The van der Waals surface area contributed by atoms with E-state index in [9.17, 15) is 4.79 Å². The van der Waals surface area contributed by atoms with Crippen LogP contribution in [0.15, 0.2) is 53.5 Å². The molecule has 5 nitrogen and oxygen atoms in total. The van der Waals surface area contributed by atoms with E-state index >= 15 is 0 Å². The maximum absolute atomic E-state index is 11.9. The van der Waals surface area contributed by atoms with Crippen LogP contribution in [-0.2, 0) is 24.4 Å². The molecule has 0 aromatic heterocycles. The highest BCUT2D eigenvalue weighted by Gasteiger charge is 2.19. The number of amides is 1. The molecule has 29 heavy (non-hydrogen) atoms. The third-order valence-electron chi connectivity index (χ3n) is 5.18. The monoisotopic (exact) mass is 392 g/mol. The summed E-state index contributed by atoms with van der Waals surface area (Å²) >= 11 is 0. The Morgan fingerprint density at radius 1 is 1.14 bits per heavy atom. The Hall–Kier alpha value is -2.82. The quantitative estimate of drug-likeness (QED) is 0.577. The number of hydrogen-bond donors (Lipinski definition) is 1. The smallest absolute Gasteiger partial charge is 0.222 e. The summed E-state index contributed by atoms with van der Waals surface area (Å²) in [7, 11) is 2.07. The summed E-state index contributed by atoms with van der Waals surface area (Å²) in [5.74, 6) is 1.16. The molecule has 2 aromatic carbocycles. The predicted octanol–water partition coefficient (Wildman–Crippen LogP) is 3.71. The lowest BCUT2D eigenvalue weighted by atomic mass is 10.1. The lowest BCUT2D eigenvalue weighted by molar-refractivity contribution is -0.128. The second kappa shape index (κ2) is 10.1. The van der Waals surface area contributed by atoms with Gasteiger partial charge < -0.3 is 15.1 Å². The molecule has 154 valence electrons. The van der Waals surface area contributed by atoms with Gasteiger partial charge in [-0.3, -0.25) is 4.79 Å². The maximum Gasteiger partial charge on any atom is 0.222 e. The van der Waals surface area contributed by atoms with Gasteiger partial charge in [-0.05, 0) is 37.0 Å². The number of nitrogens with one attached hydrogen (secondary N) is 1. The van der Waals surface area contributed by atoms with Gasteiger partial charge in [0.1, 0.15) is 0 Å². The molecule has 1 fully saturated rings. The Kier molecular flexibility index (Phi) is 7.28. The Balaban J connectivity index is 1.65. The average Bonchev–Trinajstić information content (AvgIpc) is 3.11. The van der Waals surface area contributed by atoms with Gasteiger partial charge in [0.25, 0.3) is 0 Å². The fraction of sp³-hybridized carbons (Fsp3) is 0.417. The molecule has 0 atom stereocenters. The van der Waals surface area contributed by atoms with Crippen molar-refractivity contribution in [3.63, 3.8) is 0 Å². The van der Waals surface area contributed by atoms with Gasteiger partial charge in [0.2, 0.25) is 5.91 Å². The van der Waals surface area contributed by atoms with Gasteiger partial charge in [0, 0.05) is 39.6 Å². The second-order valence-corrected chi connectivity index (χ2v) is 7.75. The van der Waals surface area contributed by atoms with E-state index in [0.29, 0.717) is 19.5 Å². The fourth-order valence-corrected chi connectivity index (χ4v) is 3.60. The number of hydrogen-bond acceptors (Lipinski definition) is 2. The molecule has 2 aromatic rings. The van der Waals surface area contributed by atoms with Crippen molar-refractivity contribution in [3.05, 3.63) is 70.8 Å². The minimum Gasteiger partial charge on any atom is -0.357 e. The molecule has 1 heterocycles. The van der Waals surface area contributed by atoms with Gasteiger partial charge >= 0.3 is 0 Å². The number of guanidine groups is 1. The third kappa shape index (κ3) is 6.08. The first-order chi connectivity index (χ1) is 14.0. The van der Waals surface area contributed by atoms with Crippen LogP contribution in [0.1, 0.15) is 42.0 Å². The lowest BCUT2D eigenvalue weighted by Gasteiger charge is -2.22. The number of likely N-dealkylation sites (tertiary alicyclic amines) is 1. The summed E-state index contributed by atoms with van der Waals surface area (Å²) in [6.45, 7) is 8.01. The summed E-state index contributed by atoms with van der Waals surface area (Å²) < 4.78 is 0.